The Bertz CT molecular complexity index is 585. The van der Waals surface area contributed by atoms with Gasteiger partial charge >= 0.3 is 11.9 Å². The molecule has 0 aliphatic heterocycles. The normalized spacial score (nSPS) is 11.3. The standard InChI is InChI=1S/C15H19NO7/c1-21-10-5-4-9(8-11(10)22-2)14(15(20)23-3)16-12(17)6-7-13(18)19/h4-5,8,14H,6-7H2,1-3H3,(H,16,17)(H,18,19). The molecule has 0 saturated carbocycles. The zero-order valence-corrected chi connectivity index (χ0v) is 13.1. The second-order valence-electron chi connectivity index (χ2n) is 4.53. The first-order chi connectivity index (χ1) is 10.9. The maximum atomic E-state index is 11.9. The zero-order valence-electron chi connectivity index (χ0n) is 13.1. The van der Waals surface area contributed by atoms with Gasteiger partial charge in [0.25, 0.3) is 0 Å². The number of carboxylic acids is 1. The van der Waals surface area contributed by atoms with Gasteiger partial charge < -0.3 is 24.6 Å². The minimum Gasteiger partial charge on any atom is -0.493 e. The summed E-state index contributed by atoms with van der Waals surface area (Å²) in [4.78, 5) is 34.2. The number of ether oxygens (including phenoxy) is 3. The predicted molar refractivity (Wildman–Crippen MR) is 79.3 cm³/mol. The number of carbonyl (C=O) groups is 3. The number of carbonyl (C=O) groups excluding carboxylic acids is 2. The molecule has 126 valence electrons. The summed E-state index contributed by atoms with van der Waals surface area (Å²) >= 11 is 0. The van der Waals surface area contributed by atoms with E-state index in [1.807, 2.05) is 0 Å². The SMILES string of the molecule is COC(=O)C(NC(=O)CCC(=O)O)c1ccc(OC)c(OC)c1. The number of benzene rings is 1. The molecule has 0 saturated heterocycles. The third-order valence-corrected chi connectivity index (χ3v) is 3.05. The molecular weight excluding hydrogens is 306 g/mol. The van der Waals surface area contributed by atoms with Crippen LogP contribution >= 0.6 is 0 Å². The molecule has 0 heterocycles. The summed E-state index contributed by atoms with van der Waals surface area (Å²) in [6, 6.07) is 3.65. The largest absolute Gasteiger partial charge is 0.493 e. The van der Waals surface area contributed by atoms with Gasteiger partial charge in [0.15, 0.2) is 17.5 Å². The first kappa shape index (κ1) is 18.3. The van der Waals surface area contributed by atoms with Crippen LogP contribution in [0.25, 0.3) is 0 Å². The summed E-state index contributed by atoms with van der Waals surface area (Å²) < 4.78 is 14.9. The number of hydrogen-bond acceptors (Lipinski definition) is 6. The summed E-state index contributed by atoms with van der Waals surface area (Å²) in [7, 11) is 4.11. The van der Waals surface area contributed by atoms with Crippen molar-refractivity contribution in [2.75, 3.05) is 21.3 Å². The first-order valence-corrected chi connectivity index (χ1v) is 6.73. The number of hydrogen-bond donors (Lipinski definition) is 2. The Labute approximate surface area is 133 Å². The lowest BCUT2D eigenvalue weighted by Gasteiger charge is -2.18. The van der Waals surface area contributed by atoms with E-state index in [0.29, 0.717) is 17.1 Å². The molecule has 1 aromatic carbocycles. The minimum absolute atomic E-state index is 0.240. The Kier molecular flexibility index (Phi) is 6.85. The number of aliphatic carboxylic acids is 1. The van der Waals surface area contributed by atoms with Crippen LogP contribution in [0.1, 0.15) is 24.4 Å². The number of rotatable bonds is 8. The molecule has 0 aliphatic carbocycles. The van der Waals surface area contributed by atoms with E-state index in [-0.39, 0.29) is 12.8 Å². The number of carboxylic acid groups (broad SMARTS) is 1. The van der Waals surface area contributed by atoms with Gasteiger partial charge in [-0.15, -0.1) is 0 Å². The van der Waals surface area contributed by atoms with E-state index in [9.17, 15) is 14.4 Å². The molecule has 1 atom stereocenters. The molecule has 0 radical (unpaired) electrons. The third kappa shape index (κ3) is 5.17. The third-order valence-electron chi connectivity index (χ3n) is 3.05. The summed E-state index contributed by atoms with van der Waals surface area (Å²) in [5, 5.41) is 11.0. The smallest absolute Gasteiger partial charge is 0.333 e. The Morgan fingerprint density at radius 1 is 1.09 bits per heavy atom. The highest BCUT2D eigenvalue weighted by Gasteiger charge is 2.25. The molecular formula is C15H19NO7. The van der Waals surface area contributed by atoms with E-state index < -0.39 is 23.9 Å². The number of amides is 1. The zero-order chi connectivity index (χ0) is 17.4. The molecule has 2 N–H and O–H groups in total. The highest BCUT2D eigenvalue weighted by atomic mass is 16.5. The maximum absolute atomic E-state index is 11.9. The molecule has 1 amide bonds. The summed E-state index contributed by atoms with van der Waals surface area (Å²) in [5.41, 5.74) is 0.429. The Morgan fingerprint density at radius 2 is 1.74 bits per heavy atom. The van der Waals surface area contributed by atoms with Crippen molar-refractivity contribution >= 4 is 17.8 Å². The topological polar surface area (TPSA) is 111 Å². The molecule has 0 bridgehead atoms. The molecule has 8 heteroatoms. The van der Waals surface area contributed by atoms with Gasteiger partial charge in [-0.1, -0.05) is 6.07 Å². The van der Waals surface area contributed by atoms with Crippen LogP contribution in [0.5, 0.6) is 11.5 Å². The lowest BCUT2D eigenvalue weighted by atomic mass is 10.1. The highest BCUT2D eigenvalue weighted by Crippen LogP contribution is 2.30. The van der Waals surface area contributed by atoms with Crippen molar-refractivity contribution in [3.8, 4) is 11.5 Å². The van der Waals surface area contributed by atoms with Crippen molar-refractivity contribution in [1.82, 2.24) is 5.32 Å². The fourth-order valence-electron chi connectivity index (χ4n) is 1.88. The highest BCUT2D eigenvalue weighted by molar-refractivity contribution is 5.87. The van der Waals surface area contributed by atoms with E-state index >= 15 is 0 Å². The van der Waals surface area contributed by atoms with Gasteiger partial charge in [0.05, 0.1) is 27.8 Å². The Balaban J connectivity index is 3.00. The minimum atomic E-state index is -1.10. The van der Waals surface area contributed by atoms with Crippen molar-refractivity contribution in [2.45, 2.75) is 18.9 Å². The summed E-state index contributed by atoms with van der Waals surface area (Å²) in [5.74, 6) is -1.49. The van der Waals surface area contributed by atoms with E-state index in [2.05, 4.69) is 10.1 Å². The molecule has 0 aliphatic rings. The molecule has 0 fully saturated rings. The van der Waals surface area contributed by atoms with Crippen LogP contribution in [0.15, 0.2) is 18.2 Å². The molecule has 1 rings (SSSR count). The average molecular weight is 325 g/mol. The van der Waals surface area contributed by atoms with Crippen molar-refractivity contribution in [3.05, 3.63) is 23.8 Å². The predicted octanol–water partition coefficient (Wildman–Crippen LogP) is 0.899. The Hall–Kier alpha value is -2.77. The quantitative estimate of drug-likeness (QED) is 0.683. The monoisotopic (exact) mass is 325 g/mol. The van der Waals surface area contributed by atoms with Crippen LogP contribution in [0.3, 0.4) is 0 Å². The van der Waals surface area contributed by atoms with E-state index in [0.717, 1.165) is 0 Å². The van der Waals surface area contributed by atoms with Crippen LogP contribution in [0.4, 0.5) is 0 Å². The van der Waals surface area contributed by atoms with Gasteiger partial charge in [0.1, 0.15) is 0 Å². The van der Waals surface area contributed by atoms with E-state index in [1.165, 1.54) is 27.4 Å². The van der Waals surface area contributed by atoms with Gasteiger partial charge in [0.2, 0.25) is 5.91 Å². The fourth-order valence-corrected chi connectivity index (χ4v) is 1.88. The van der Waals surface area contributed by atoms with Crippen molar-refractivity contribution in [3.63, 3.8) is 0 Å². The van der Waals surface area contributed by atoms with Gasteiger partial charge in [-0.05, 0) is 17.7 Å². The lowest BCUT2D eigenvalue weighted by molar-refractivity contribution is -0.145. The lowest BCUT2D eigenvalue weighted by Crippen LogP contribution is -2.34. The van der Waals surface area contributed by atoms with Crippen LogP contribution in [0.2, 0.25) is 0 Å². The number of nitrogens with one attached hydrogen (secondary N) is 1. The van der Waals surface area contributed by atoms with E-state index in [4.69, 9.17) is 14.6 Å². The van der Waals surface area contributed by atoms with Crippen molar-refractivity contribution in [2.24, 2.45) is 0 Å². The van der Waals surface area contributed by atoms with Gasteiger partial charge in [0, 0.05) is 6.42 Å². The molecule has 1 unspecified atom stereocenters. The molecule has 0 spiro atoms. The Morgan fingerprint density at radius 3 is 2.26 bits per heavy atom. The van der Waals surface area contributed by atoms with Crippen molar-refractivity contribution in [1.29, 1.82) is 0 Å². The van der Waals surface area contributed by atoms with Gasteiger partial charge in [-0.2, -0.15) is 0 Å². The second kappa shape index (κ2) is 8.62. The molecule has 8 nitrogen and oxygen atoms in total. The number of esters is 1. The first-order valence-electron chi connectivity index (χ1n) is 6.73. The van der Waals surface area contributed by atoms with Crippen LogP contribution in [0, 0.1) is 0 Å². The van der Waals surface area contributed by atoms with Crippen molar-refractivity contribution < 1.29 is 33.7 Å². The fraction of sp³-hybridized carbons (Fsp3) is 0.400. The van der Waals surface area contributed by atoms with Crippen LogP contribution < -0.4 is 14.8 Å². The van der Waals surface area contributed by atoms with Crippen LogP contribution in [-0.2, 0) is 19.1 Å². The average Bonchev–Trinajstić information content (AvgIpc) is 2.56. The maximum Gasteiger partial charge on any atom is 0.333 e. The molecule has 23 heavy (non-hydrogen) atoms. The second-order valence-corrected chi connectivity index (χ2v) is 4.53. The number of methoxy groups -OCH3 is 3. The van der Waals surface area contributed by atoms with Crippen LogP contribution in [-0.4, -0.2) is 44.3 Å². The summed E-state index contributed by atoms with van der Waals surface area (Å²) in [6.07, 6.45) is -0.568. The van der Waals surface area contributed by atoms with Gasteiger partial charge in [-0.3, -0.25) is 9.59 Å². The molecule has 1 aromatic rings. The summed E-state index contributed by atoms with van der Waals surface area (Å²) in [6.45, 7) is 0. The van der Waals surface area contributed by atoms with E-state index in [1.54, 1.807) is 12.1 Å². The van der Waals surface area contributed by atoms with Gasteiger partial charge in [-0.25, -0.2) is 4.79 Å². The molecule has 0 aromatic heterocycles.